The number of piperazine rings is 1. The lowest BCUT2D eigenvalue weighted by atomic mass is 10.0. The first-order valence-electron chi connectivity index (χ1n) is 9.66. The molecule has 1 saturated heterocycles. The lowest BCUT2D eigenvalue weighted by Crippen LogP contribution is -2.47. The van der Waals surface area contributed by atoms with Gasteiger partial charge in [-0.2, -0.15) is 0 Å². The van der Waals surface area contributed by atoms with E-state index < -0.39 is 0 Å². The van der Waals surface area contributed by atoms with E-state index in [1.54, 1.807) is 0 Å². The lowest BCUT2D eigenvalue weighted by molar-refractivity contribution is -0.129. The Hall–Kier alpha value is -2.86. The summed E-state index contributed by atoms with van der Waals surface area (Å²) >= 11 is 0. The third kappa shape index (κ3) is 5.57. The van der Waals surface area contributed by atoms with Crippen LogP contribution in [0.2, 0.25) is 0 Å². The van der Waals surface area contributed by atoms with Crippen molar-refractivity contribution in [3.8, 4) is 0 Å². The highest BCUT2D eigenvalue weighted by Crippen LogP contribution is 2.19. The number of hydrogen-bond donors (Lipinski definition) is 1. The van der Waals surface area contributed by atoms with Crippen molar-refractivity contribution in [2.24, 2.45) is 0 Å². The van der Waals surface area contributed by atoms with E-state index in [4.69, 9.17) is 10.5 Å². The first-order chi connectivity index (χ1) is 13.7. The van der Waals surface area contributed by atoms with Crippen LogP contribution in [0.3, 0.4) is 0 Å². The van der Waals surface area contributed by atoms with Crippen LogP contribution in [-0.4, -0.2) is 56.5 Å². The predicted octanol–water partition coefficient (Wildman–Crippen LogP) is 2.38. The zero-order valence-corrected chi connectivity index (χ0v) is 16.0. The van der Waals surface area contributed by atoms with Crippen LogP contribution in [0.1, 0.15) is 22.3 Å². The van der Waals surface area contributed by atoms with Crippen LogP contribution in [0.5, 0.6) is 0 Å². The molecule has 6 nitrogen and oxygen atoms in total. The molecule has 0 spiro atoms. The van der Waals surface area contributed by atoms with Crippen molar-refractivity contribution in [1.29, 1.82) is 0 Å². The van der Waals surface area contributed by atoms with Crippen LogP contribution >= 0.6 is 0 Å². The Morgan fingerprint density at radius 1 is 1.00 bits per heavy atom. The fourth-order valence-corrected chi connectivity index (χ4v) is 3.40. The van der Waals surface area contributed by atoms with Gasteiger partial charge in [-0.15, -0.1) is 0 Å². The molecule has 2 N–H and O–H groups in total. The van der Waals surface area contributed by atoms with Crippen molar-refractivity contribution in [1.82, 2.24) is 4.90 Å². The Kier molecular flexibility index (Phi) is 7.03. The molecule has 0 aromatic heterocycles. The molecule has 1 fully saturated rings. The molecular formula is C22H27N3O3. The zero-order chi connectivity index (χ0) is 19.8. The number of anilines is 2. The second-order valence-electron chi connectivity index (χ2n) is 7.01. The molecular weight excluding hydrogens is 354 g/mol. The minimum Gasteiger partial charge on any atom is -0.467 e. The highest BCUT2D eigenvalue weighted by molar-refractivity contribution is 5.96. The number of ketones is 1. The predicted molar refractivity (Wildman–Crippen MR) is 111 cm³/mol. The number of carbonyl (C=O) groups is 2. The molecule has 0 atom stereocenters. The molecule has 0 saturated carbocycles. The van der Waals surface area contributed by atoms with Crippen LogP contribution in [-0.2, 0) is 16.0 Å². The van der Waals surface area contributed by atoms with Gasteiger partial charge in [0.1, 0.15) is 6.61 Å². The maximum atomic E-state index is 12.5. The lowest BCUT2D eigenvalue weighted by Gasteiger charge is -2.35. The number of nitrogen functional groups attached to an aromatic ring is 1. The van der Waals surface area contributed by atoms with Crippen molar-refractivity contribution in [2.75, 3.05) is 50.0 Å². The van der Waals surface area contributed by atoms with E-state index >= 15 is 0 Å². The van der Waals surface area contributed by atoms with Crippen LogP contribution < -0.4 is 10.6 Å². The molecule has 1 heterocycles. The summed E-state index contributed by atoms with van der Waals surface area (Å²) in [6.07, 6.45) is 1.21. The molecule has 1 aliphatic heterocycles. The molecule has 28 heavy (non-hydrogen) atoms. The summed E-state index contributed by atoms with van der Waals surface area (Å²) in [5.41, 5.74) is 9.44. The van der Waals surface area contributed by atoms with Gasteiger partial charge in [0.25, 0.3) is 6.47 Å². The van der Waals surface area contributed by atoms with Crippen molar-refractivity contribution in [3.05, 3.63) is 59.7 Å². The standard InChI is InChI=1S/C22H27N3O3/c23-20-6-1-18(2-7-20)3-10-22(27)19-4-8-21(9-5-19)25-13-11-24(12-14-25)15-16-28-17-26/h1-2,4-9,17H,3,10-16,23H2. The van der Waals surface area contributed by atoms with Crippen LogP contribution in [0.4, 0.5) is 11.4 Å². The van der Waals surface area contributed by atoms with Gasteiger partial charge in [0.2, 0.25) is 0 Å². The normalized spacial score (nSPS) is 14.6. The van der Waals surface area contributed by atoms with Crippen molar-refractivity contribution >= 4 is 23.6 Å². The molecule has 0 aliphatic carbocycles. The average molecular weight is 381 g/mol. The van der Waals surface area contributed by atoms with Crippen molar-refractivity contribution in [3.63, 3.8) is 0 Å². The summed E-state index contributed by atoms with van der Waals surface area (Å²) in [5, 5.41) is 0. The van der Waals surface area contributed by atoms with Gasteiger partial charge in [-0.1, -0.05) is 12.1 Å². The van der Waals surface area contributed by atoms with Gasteiger partial charge in [0.15, 0.2) is 5.78 Å². The fraction of sp³-hybridized carbons (Fsp3) is 0.364. The Morgan fingerprint density at radius 2 is 1.68 bits per heavy atom. The molecule has 148 valence electrons. The number of aryl methyl sites for hydroxylation is 1. The number of nitrogens with two attached hydrogens (primary N) is 1. The van der Waals surface area contributed by atoms with Gasteiger partial charge in [0.05, 0.1) is 0 Å². The number of nitrogens with zero attached hydrogens (tertiary/aromatic N) is 2. The monoisotopic (exact) mass is 381 g/mol. The Bertz CT molecular complexity index is 767. The van der Waals surface area contributed by atoms with E-state index in [1.807, 2.05) is 48.5 Å². The van der Waals surface area contributed by atoms with E-state index in [2.05, 4.69) is 9.80 Å². The zero-order valence-electron chi connectivity index (χ0n) is 16.0. The largest absolute Gasteiger partial charge is 0.467 e. The SMILES string of the molecule is Nc1ccc(CCC(=O)c2ccc(N3CCN(CCOC=O)CC3)cc2)cc1. The summed E-state index contributed by atoms with van der Waals surface area (Å²) in [6, 6.07) is 15.6. The van der Waals surface area contributed by atoms with Gasteiger partial charge in [0, 0.05) is 56.1 Å². The molecule has 6 heteroatoms. The fourth-order valence-electron chi connectivity index (χ4n) is 3.40. The molecule has 1 aliphatic rings. The van der Waals surface area contributed by atoms with E-state index in [1.165, 1.54) is 0 Å². The Labute approximate surface area is 165 Å². The van der Waals surface area contributed by atoms with Gasteiger partial charge in [-0.3, -0.25) is 14.5 Å². The Balaban J connectivity index is 1.47. The van der Waals surface area contributed by atoms with Crippen LogP contribution in [0, 0.1) is 0 Å². The van der Waals surface area contributed by atoms with Gasteiger partial charge in [-0.05, 0) is 48.4 Å². The maximum Gasteiger partial charge on any atom is 0.293 e. The van der Waals surface area contributed by atoms with E-state index in [9.17, 15) is 9.59 Å². The second kappa shape index (κ2) is 9.90. The highest BCUT2D eigenvalue weighted by Gasteiger charge is 2.17. The van der Waals surface area contributed by atoms with E-state index in [-0.39, 0.29) is 5.78 Å². The summed E-state index contributed by atoms with van der Waals surface area (Å²) in [7, 11) is 0. The highest BCUT2D eigenvalue weighted by atomic mass is 16.5. The number of Topliss-reactive ketones (excluding diaryl/α,β-unsaturated/α-hetero) is 1. The third-order valence-corrected chi connectivity index (χ3v) is 5.14. The molecule has 0 bridgehead atoms. The molecule has 3 rings (SSSR count). The van der Waals surface area contributed by atoms with Crippen LogP contribution in [0.15, 0.2) is 48.5 Å². The first-order valence-corrected chi connectivity index (χ1v) is 9.66. The van der Waals surface area contributed by atoms with Gasteiger partial charge in [-0.25, -0.2) is 0 Å². The van der Waals surface area contributed by atoms with Gasteiger partial charge >= 0.3 is 0 Å². The number of carbonyl (C=O) groups excluding carboxylic acids is 2. The number of ether oxygens (including phenoxy) is 1. The minimum atomic E-state index is 0.156. The number of benzene rings is 2. The first kappa shape index (κ1) is 19.9. The van der Waals surface area contributed by atoms with Crippen molar-refractivity contribution < 1.29 is 14.3 Å². The summed E-state index contributed by atoms with van der Waals surface area (Å²) in [6.45, 7) is 5.42. The maximum absolute atomic E-state index is 12.5. The van der Waals surface area contributed by atoms with Crippen LogP contribution in [0.25, 0.3) is 0 Å². The molecule has 2 aromatic carbocycles. The summed E-state index contributed by atoms with van der Waals surface area (Å²) in [5.74, 6) is 0.156. The number of hydrogen-bond acceptors (Lipinski definition) is 6. The van der Waals surface area contributed by atoms with Gasteiger partial charge < -0.3 is 15.4 Å². The summed E-state index contributed by atoms with van der Waals surface area (Å²) < 4.78 is 4.76. The molecule has 0 unspecified atom stereocenters. The topological polar surface area (TPSA) is 75.9 Å². The third-order valence-electron chi connectivity index (χ3n) is 5.14. The molecule has 2 aromatic rings. The minimum absolute atomic E-state index is 0.156. The smallest absolute Gasteiger partial charge is 0.293 e. The second-order valence-corrected chi connectivity index (χ2v) is 7.01. The quantitative estimate of drug-likeness (QED) is 0.311. The molecule has 0 amide bonds. The summed E-state index contributed by atoms with van der Waals surface area (Å²) in [4.78, 5) is 27.3. The van der Waals surface area contributed by atoms with E-state index in [0.29, 0.717) is 19.5 Å². The number of rotatable bonds is 9. The molecule has 0 radical (unpaired) electrons. The average Bonchev–Trinajstić information content (AvgIpc) is 2.74. The van der Waals surface area contributed by atoms with E-state index in [0.717, 1.165) is 61.6 Å². The Morgan fingerprint density at radius 3 is 2.32 bits per heavy atom. The van der Waals surface area contributed by atoms with Crippen molar-refractivity contribution in [2.45, 2.75) is 12.8 Å².